The average Bonchev–Trinajstić information content (AvgIpc) is 2.40. The Morgan fingerprint density at radius 3 is 2.32 bits per heavy atom. The first-order chi connectivity index (χ1) is 9.16. The number of anilines is 1. The van der Waals surface area contributed by atoms with Gasteiger partial charge in [0.25, 0.3) is 0 Å². The molecule has 0 aliphatic rings. The summed E-state index contributed by atoms with van der Waals surface area (Å²) in [7, 11) is 0. The van der Waals surface area contributed by atoms with E-state index in [0.29, 0.717) is 40.4 Å². The van der Waals surface area contributed by atoms with Gasteiger partial charge in [-0.2, -0.15) is 0 Å². The highest BCUT2D eigenvalue weighted by Gasteiger charge is 2.03. The molecule has 0 amide bonds. The first kappa shape index (κ1) is 13.8. The summed E-state index contributed by atoms with van der Waals surface area (Å²) >= 11 is 11.8. The highest BCUT2D eigenvalue weighted by Crippen LogP contribution is 2.27. The van der Waals surface area contributed by atoms with E-state index in [2.05, 4.69) is 0 Å². The molecule has 0 saturated carbocycles. The molecule has 19 heavy (non-hydrogen) atoms. The van der Waals surface area contributed by atoms with Crippen LogP contribution in [0.15, 0.2) is 42.5 Å². The van der Waals surface area contributed by atoms with Crippen LogP contribution in [-0.2, 0) is 0 Å². The first-order valence-electron chi connectivity index (χ1n) is 5.72. The van der Waals surface area contributed by atoms with Crippen LogP contribution in [0, 0.1) is 0 Å². The van der Waals surface area contributed by atoms with Crippen molar-refractivity contribution in [2.75, 3.05) is 18.9 Å². The van der Waals surface area contributed by atoms with E-state index < -0.39 is 0 Å². The maximum atomic E-state index is 5.97. The number of nitrogen functional groups attached to an aromatic ring is 1. The van der Waals surface area contributed by atoms with E-state index in [1.165, 1.54) is 0 Å². The van der Waals surface area contributed by atoms with Crippen LogP contribution >= 0.6 is 23.2 Å². The zero-order chi connectivity index (χ0) is 13.7. The Balaban J connectivity index is 1.84. The lowest BCUT2D eigenvalue weighted by Crippen LogP contribution is -2.10. The van der Waals surface area contributed by atoms with Gasteiger partial charge < -0.3 is 15.2 Å². The molecule has 2 aromatic carbocycles. The molecule has 0 aromatic heterocycles. The van der Waals surface area contributed by atoms with Crippen molar-refractivity contribution < 1.29 is 9.47 Å². The second kappa shape index (κ2) is 6.55. The molecular weight excluding hydrogens is 285 g/mol. The van der Waals surface area contributed by atoms with Crippen molar-refractivity contribution in [2.45, 2.75) is 0 Å². The lowest BCUT2D eigenvalue weighted by molar-refractivity contribution is 0.218. The quantitative estimate of drug-likeness (QED) is 0.669. The van der Waals surface area contributed by atoms with Crippen LogP contribution in [0.4, 0.5) is 5.69 Å². The molecule has 2 rings (SSSR count). The molecule has 0 atom stereocenters. The average molecular weight is 298 g/mol. The first-order valence-corrected chi connectivity index (χ1v) is 6.47. The zero-order valence-corrected chi connectivity index (χ0v) is 11.6. The lowest BCUT2D eigenvalue weighted by atomic mass is 10.3. The molecule has 0 spiro atoms. The molecule has 0 saturated heterocycles. The minimum atomic E-state index is 0.356. The maximum absolute atomic E-state index is 5.97. The van der Waals surface area contributed by atoms with E-state index in [1.54, 1.807) is 24.3 Å². The van der Waals surface area contributed by atoms with E-state index in [1.807, 2.05) is 18.2 Å². The van der Waals surface area contributed by atoms with Crippen LogP contribution in [0.3, 0.4) is 0 Å². The Morgan fingerprint density at radius 1 is 0.895 bits per heavy atom. The van der Waals surface area contributed by atoms with Crippen molar-refractivity contribution in [3.63, 3.8) is 0 Å². The fourth-order valence-electron chi connectivity index (χ4n) is 1.50. The molecule has 0 bridgehead atoms. The maximum Gasteiger partial charge on any atom is 0.142 e. The Bertz CT molecular complexity index is 561. The third kappa shape index (κ3) is 3.94. The van der Waals surface area contributed by atoms with Gasteiger partial charge in [0.1, 0.15) is 24.7 Å². The summed E-state index contributed by atoms with van der Waals surface area (Å²) in [6, 6.07) is 12.4. The highest BCUT2D eigenvalue weighted by atomic mass is 35.5. The molecule has 2 aromatic rings. The van der Waals surface area contributed by atoms with Crippen molar-refractivity contribution in [1.82, 2.24) is 0 Å². The summed E-state index contributed by atoms with van der Waals surface area (Å²) in [5.74, 6) is 1.18. The predicted molar refractivity (Wildman–Crippen MR) is 78.3 cm³/mol. The Hall–Kier alpha value is -1.58. The van der Waals surface area contributed by atoms with E-state index >= 15 is 0 Å². The second-order valence-electron chi connectivity index (χ2n) is 3.81. The molecule has 2 N–H and O–H groups in total. The fourth-order valence-corrected chi connectivity index (χ4v) is 1.84. The minimum Gasteiger partial charge on any atom is -0.488 e. The number of benzene rings is 2. The van der Waals surface area contributed by atoms with Crippen LogP contribution < -0.4 is 15.2 Å². The second-order valence-corrected chi connectivity index (χ2v) is 4.65. The summed E-state index contributed by atoms with van der Waals surface area (Å²) in [5.41, 5.74) is 6.35. The molecule has 3 nitrogen and oxygen atoms in total. The van der Waals surface area contributed by atoms with Gasteiger partial charge in [-0.05, 0) is 24.3 Å². The van der Waals surface area contributed by atoms with Gasteiger partial charge in [0, 0.05) is 11.1 Å². The van der Waals surface area contributed by atoms with Crippen molar-refractivity contribution in [3.8, 4) is 11.5 Å². The van der Waals surface area contributed by atoms with Crippen LogP contribution in [-0.4, -0.2) is 13.2 Å². The summed E-state index contributed by atoms with van der Waals surface area (Å²) in [6.45, 7) is 0.728. The zero-order valence-electron chi connectivity index (χ0n) is 10.1. The van der Waals surface area contributed by atoms with E-state index in [4.69, 9.17) is 38.4 Å². The third-order valence-corrected chi connectivity index (χ3v) is 2.96. The molecule has 100 valence electrons. The van der Waals surface area contributed by atoms with Crippen molar-refractivity contribution in [2.24, 2.45) is 0 Å². The normalized spacial score (nSPS) is 10.2. The Morgan fingerprint density at radius 2 is 1.58 bits per heavy atom. The number of nitrogens with two attached hydrogens (primary N) is 1. The van der Waals surface area contributed by atoms with Gasteiger partial charge in [-0.3, -0.25) is 0 Å². The van der Waals surface area contributed by atoms with Gasteiger partial charge in [-0.1, -0.05) is 35.3 Å². The standard InChI is InChI=1S/C14H13Cl2NO2/c15-10-5-6-11(16)14(9-10)19-8-7-18-13-4-2-1-3-12(13)17/h1-6,9H,7-8,17H2. The molecule has 0 aliphatic carbocycles. The Kier molecular flexibility index (Phi) is 4.77. The number of ether oxygens (including phenoxy) is 2. The van der Waals surface area contributed by atoms with Gasteiger partial charge >= 0.3 is 0 Å². The molecule has 0 unspecified atom stereocenters. The van der Waals surface area contributed by atoms with E-state index in [9.17, 15) is 0 Å². The van der Waals surface area contributed by atoms with Gasteiger partial charge in [-0.25, -0.2) is 0 Å². The van der Waals surface area contributed by atoms with Crippen molar-refractivity contribution in [1.29, 1.82) is 0 Å². The molecule has 5 heteroatoms. The number of para-hydroxylation sites is 2. The summed E-state index contributed by atoms with van der Waals surface area (Å²) < 4.78 is 11.0. The fraction of sp³-hybridized carbons (Fsp3) is 0.143. The van der Waals surface area contributed by atoms with E-state index in [0.717, 1.165) is 0 Å². The molecular formula is C14H13Cl2NO2. The Labute approximate surface area is 121 Å². The lowest BCUT2D eigenvalue weighted by Gasteiger charge is -2.11. The van der Waals surface area contributed by atoms with Crippen LogP contribution in [0.25, 0.3) is 0 Å². The minimum absolute atomic E-state index is 0.356. The number of hydrogen-bond donors (Lipinski definition) is 1. The summed E-state index contributed by atoms with van der Waals surface area (Å²) in [6.07, 6.45) is 0. The molecule has 0 aliphatic heterocycles. The van der Waals surface area contributed by atoms with Crippen molar-refractivity contribution >= 4 is 28.9 Å². The third-order valence-electron chi connectivity index (χ3n) is 2.41. The van der Waals surface area contributed by atoms with Crippen LogP contribution in [0.1, 0.15) is 0 Å². The number of halogens is 2. The van der Waals surface area contributed by atoms with Gasteiger partial charge in [0.05, 0.1) is 10.7 Å². The molecule has 0 heterocycles. The van der Waals surface area contributed by atoms with Crippen molar-refractivity contribution in [3.05, 3.63) is 52.5 Å². The SMILES string of the molecule is Nc1ccccc1OCCOc1cc(Cl)ccc1Cl. The monoisotopic (exact) mass is 297 g/mol. The summed E-state index contributed by atoms with van der Waals surface area (Å²) in [5, 5.41) is 1.09. The van der Waals surface area contributed by atoms with E-state index in [-0.39, 0.29) is 0 Å². The largest absolute Gasteiger partial charge is 0.488 e. The van der Waals surface area contributed by atoms with Crippen LogP contribution in [0.2, 0.25) is 10.0 Å². The number of hydrogen-bond acceptors (Lipinski definition) is 3. The topological polar surface area (TPSA) is 44.5 Å². The molecule has 0 fully saturated rings. The summed E-state index contributed by atoms with van der Waals surface area (Å²) in [4.78, 5) is 0. The predicted octanol–water partition coefficient (Wildman–Crippen LogP) is 4.03. The highest BCUT2D eigenvalue weighted by molar-refractivity contribution is 6.34. The molecule has 0 radical (unpaired) electrons. The van der Waals surface area contributed by atoms with Crippen LogP contribution in [0.5, 0.6) is 11.5 Å². The van der Waals surface area contributed by atoms with Gasteiger partial charge in [0.15, 0.2) is 0 Å². The van der Waals surface area contributed by atoms with Gasteiger partial charge in [-0.15, -0.1) is 0 Å². The van der Waals surface area contributed by atoms with Gasteiger partial charge in [0.2, 0.25) is 0 Å². The smallest absolute Gasteiger partial charge is 0.142 e. The number of rotatable bonds is 5.